The summed E-state index contributed by atoms with van der Waals surface area (Å²) in [7, 11) is 5.83. The molecular weight excluding hydrogens is 178 g/mol. The maximum absolute atomic E-state index is 4.25. The van der Waals surface area contributed by atoms with Crippen LogP contribution in [0.15, 0.2) is 24.9 Å². The molecule has 0 saturated carbocycles. The van der Waals surface area contributed by atoms with Crippen LogP contribution in [0.5, 0.6) is 0 Å². The van der Waals surface area contributed by atoms with Gasteiger partial charge in [-0.3, -0.25) is 4.68 Å². The fraction of sp³-hybridized carbons (Fsp3) is 0.333. The first kappa shape index (κ1) is 8.80. The van der Waals surface area contributed by atoms with E-state index in [2.05, 4.69) is 10.1 Å². The molecule has 0 amide bonds. The van der Waals surface area contributed by atoms with E-state index in [-0.39, 0.29) is 0 Å². The van der Waals surface area contributed by atoms with E-state index >= 15 is 0 Å². The predicted octanol–water partition coefficient (Wildman–Crippen LogP) is 0.672. The first-order chi connectivity index (χ1) is 6.66. The highest BCUT2D eigenvalue weighted by Gasteiger charge is 2.03. The molecule has 14 heavy (non-hydrogen) atoms. The second kappa shape index (κ2) is 3.17. The summed E-state index contributed by atoms with van der Waals surface area (Å²) in [5.74, 6) is 0.939. The number of aromatic nitrogens is 4. The molecule has 0 aliphatic heterocycles. The molecule has 2 aromatic heterocycles. The lowest BCUT2D eigenvalue weighted by Gasteiger charge is -2.05. The van der Waals surface area contributed by atoms with Crippen LogP contribution in [-0.2, 0) is 7.05 Å². The molecule has 0 radical (unpaired) electrons. The topological polar surface area (TPSA) is 38.9 Å². The lowest BCUT2D eigenvalue weighted by atomic mass is 10.5. The Kier molecular flexibility index (Phi) is 1.99. The molecular formula is C9H13N5. The summed E-state index contributed by atoms with van der Waals surface area (Å²) in [5, 5.41) is 4.10. The Balaban J connectivity index is 2.33. The number of hydrogen-bond acceptors (Lipinski definition) is 3. The molecule has 0 saturated heterocycles. The zero-order valence-corrected chi connectivity index (χ0v) is 8.55. The van der Waals surface area contributed by atoms with Crippen molar-refractivity contribution in [1.82, 2.24) is 19.3 Å². The maximum Gasteiger partial charge on any atom is 0.146 e. The lowest BCUT2D eigenvalue weighted by molar-refractivity contribution is 0.767. The van der Waals surface area contributed by atoms with Crippen LogP contribution >= 0.6 is 0 Å². The first-order valence-electron chi connectivity index (χ1n) is 4.37. The Morgan fingerprint density at radius 2 is 2.07 bits per heavy atom. The van der Waals surface area contributed by atoms with Gasteiger partial charge >= 0.3 is 0 Å². The number of rotatable bonds is 2. The minimum Gasteiger partial charge on any atom is -0.361 e. The van der Waals surface area contributed by atoms with Crippen LogP contribution in [0.4, 0.5) is 5.82 Å². The van der Waals surface area contributed by atoms with Crippen molar-refractivity contribution in [3.05, 3.63) is 24.9 Å². The summed E-state index contributed by atoms with van der Waals surface area (Å²) in [5.41, 5.74) is 1.02. The summed E-state index contributed by atoms with van der Waals surface area (Å²) >= 11 is 0. The van der Waals surface area contributed by atoms with Crippen LogP contribution in [0.2, 0.25) is 0 Å². The predicted molar refractivity (Wildman–Crippen MR) is 54.7 cm³/mol. The third-order valence-electron chi connectivity index (χ3n) is 2.02. The summed E-state index contributed by atoms with van der Waals surface area (Å²) in [6.45, 7) is 0. The molecule has 0 N–H and O–H groups in total. The molecule has 0 unspecified atom stereocenters. The third-order valence-corrected chi connectivity index (χ3v) is 2.02. The van der Waals surface area contributed by atoms with Gasteiger partial charge in [-0.25, -0.2) is 4.98 Å². The summed E-state index contributed by atoms with van der Waals surface area (Å²) in [4.78, 5) is 6.22. The van der Waals surface area contributed by atoms with Gasteiger partial charge in [-0.15, -0.1) is 0 Å². The molecule has 0 fully saturated rings. The Morgan fingerprint density at radius 1 is 1.29 bits per heavy atom. The lowest BCUT2D eigenvalue weighted by Crippen LogP contribution is -2.08. The fourth-order valence-electron chi connectivity index (χ4n) is 1.23. The van der Waals surface area contributed by atoms with Gasteiger partial charge in [-0.2, -0.15) is 5.10 Å². The van der Waals surface area contributed by atoms with E-state index in [9.17, 15) is 0 Å². The van der Waals surface area contributed by atoms with Gasteiger partial charge in [0.1, 0.15) is 12.1 Å². The Labute approximate surface area is 82.6 Å². The van der Waals surface area contributed by atoms with Crippen LogP contribution in [0.1, 0.15) is 0 Å². The van der Waals surface area contributed by atoms with Gasteiger partial charge in [0.15, 0.2) is 0 Å². The smallest absolute Gasteiger partial charge is 0.146 e. The van der Waals surface area contributed by atoms with Gasteiger partial charge in [-0.05, 0) is 0 Å². The summed E-state index contributed by atoms with van der Waals surface area (Å²) in [6.07, 6.45) is 7.51. The van der Waals surface area contributed by atoms with Crippen molar-refractivity contribution in [3.8, 4) is 5.69 Å². The monoisotopic (exact) mass is 191 g/mol. The highest BCUT2D eigenvalue weighted by Crippen LogP contribution is 2.11. The first-order valence-corrected chi connectivity index (χ1v) is 4.37. The van der Waals surface area contributed by atoms with E-state index in [1.807, 2.05) is 43.0 Å². The average molecular weight is 191 g/mol. The maximum atomic E-state index is 4.25. The van der Waals surface area contributed by atoms with Crippen LogP contribution in [0, 0.1) is 0 Å². The van der Waals surface area contributed by atoms with Gasteiger partial charge in [0, 0.05) is 27.3 Å². The molecule has 5 heteroatoms. The van der Waals surface area contributed by atoms with E-state index < -0.39 is 0 Å². The number of aryl methyl sites for hydroxylation is 1. The van der Waals surface area contributed by atoms with Gasteiger partial charge in [0.25, 0.3) is 0 Å². The minimum absolute atomic E-state index is 0.939. The second-order valence-corrected chi connectivity index (χ2v) is 3.41. The zero-order valence-electron chi connectivity index (χ0n) is 8.55. The number of nitrogens with zero attached hydrogens (tertiary/aromatic N) is 5. The molecule has 2 aromatic rings. The van der Waals surface area contributed by atoms with E-state index in [1.165, 1.54) is 0 Å². The van der Waals surface area contributed by atoms with E-state index in [1.54, 1.807) is 17.2 Å². The Morgan fingerprint density at radius 3 is 2.57 bits per heavy atom. The van der Waals surface area contributed by atoms with Gasteiger partial charge in [0.05, 0.1) is 18.1 Å². The van der Waals surface area contributed by atoms with Gasteiger partial charge in [-0.1, -0.05) is 0 Å². The molecule has 2 heterocycles. The summed E-state index contributed by atoms with van der Waals surface area (Å²) < 4.78 is 3.72. The van der Waals surface area contributed by atoms with Gasteiger partial charge < -0.3 is 9.47 Å². The molecule has 74 valence electrons. The largest absolute Gasteiger partial charge is 0.361 e. The fourth-order valence-corrected chi connectivity index (χ4v) is 1.23. The Hall–Kier alpha value is -1.78. The van der Waals surface area contributed by atoms with Crippen molar-refractivity contribution in [1.29, 1.82) is 0 Å². The third kappa shape index (κ3) is 1.48. The highest BCUT2D eigenvalue weighted by atomic mass is 15.3. The molecule has 0 aromatic carbocycles. The van der Waals surface area contributed by atoms with Crippen molar-refractivity contribution >= 4 is 5.82 Å². The Bertz CT molecular complexity index is 426. The van der Waals surface area contributed by atoms with E-state index in [4.69, 9.17) is 0 Å². The van der Waals surface area contributed by atoms with Crippen LogP contribution in [0.25, 0.3) is 5.69 Å². The van der Waals surface area contributed by atoms with Crippen LogP contribution < -0.4 is 4.90 Å². The number of anilines is 1. The highest BCUT2D eigenvalue weighted by molar-refractivity contribution is 5.38. The van der Waals surface area contributed by atoms with Crippen LogP contribution in [0.3, 0.4) is 0 Å². The molecule has 0 aliphatic rings. The second-order valence-electron chi connectivity index (χ2n) is 3.41. The molecule has 5 nitrogen and oxygen atoms in total. The van der Waals surface area contributed by atoms with E-state index in [0.717, 1.165) is 11.5 Å². The molecule has 0 spiro atoms. The normalized spacial score (nSPS) is 10.5. The van der Waals surface area contributed by atoms with Crippen molar-refractivity contribution in [2.75, 3.05) is 19.0 Å². The average Bonchev–Trinajstić information content (AvgIpc) is 2.70. The zero-order chi connectivity index (χ0) is 10.1. The van der Waals surface area contributed by atoms with Crippen molar-refractivity contribution in [2.24, 2.45) is 7.05 Å². The van der Waals surface area contributed by atoms with Crippen molar-refractivity contribution in [2.45, 2.75) is 0 Å². The molecule has 0 aliphatic carbocycles. The number of hydrogen-bond donors (Lipinski definition) is 0. The van der Waals surface area contributed by atoms with Crippen molar-refractivity contribution in [3.63, 3.8) is 0 Å². The van der Waals surface area contributed by atoms with Gasteiger partial charge in [0.2, 0.25) is 0 Å². The quantitative estimate of drug-likeness (QED) is 0.700. The SMILES string of the molecule is CN(C)c1cn(-c2cnn(C)c2)cn1. The van der Waals surface area contributed by atoms with Crippen molar-refractivity contribution < 1.29 is 0 Å². The van der Waals surface area contributed by atoms with E-state index in [0.29, 0.717) is 0 Å². The minimum atomic E-state index is 0.939. The summed E-state index contributed by atoms with van der Waals surface area (Å²) in [6, 6.07) is 0. The molecule has 0 bridgehead atoms. The molecule has 2 rings (SSSR count). The standard InChI is InChI=1S/C9H13N5/c1-12(2)9-6-14(7-10-9)8-4-11-13(3)5-8/h4-7H,1-3H3. The number of imidazole rings is 1. The molecule has 0 atom stereocenters. The van der Waals surface area contributed by atoms with Crippen LogP contribution in [-0.4, -0.2) is 33.4 Å².